The number of alkyl halides is 2. The van der Waals surface area contributed by atoms with Crippen molar-refractivity contribution in [1.29, 1.82) is 0 Å². The molecule has 0 unspecified atom stereocenters. The van der Waals surface area contributed by atoms with Gasteiger partial charge in [-0.3, -0.25) is 9.78 Å². The zero-order valence-electron chi connectivity index (χ0n) is 8.14. The minimum Gasteiger partial charge on any atom is -0.469 e. The number of esters is 1. The summed E-state index contributed by atoms with van der Waals surface area (Å²) in [5.41, 5.74) is -0.783. The summed E-state index contributed by atoms with van der Waals surface area (Å²) in [5.74, 6) is -1.73. The Hall–Kier alpha value is -1.11. The van der Waals surface area contributed by atoms with Crippen molar-refractivity contribution >= 4 is 21.9 Å². The molecule has 0 aliphatic carbocycles. The van der Waals surface area contributed by atoms with Crippen LogP contribution in [0.1, 0.15) is 17.7 Å². The molecule has 1 aromatic rings. The maximum Gasteiger partial charge on any atom is 0.311 e. The van der Waals surface area contributed by atoms with Crippen molar-refractivity contribution in [3.63, 3.8) is 0 Å². The van der Waals surface area contributed by atoms with Crippen LogP contribution in [0.4, 0.5) is 13.2 Å². The van der Waals surface area contributed by atoms with E-state index in [1.807, 2.05) is 0 Å². The molecule has 0 spiro atoms. The number of hydrogen-bond donors (Lipinski definition) is 0. The van der Waals surface area contributed by atoms with Crippen LogP contribution in [0.2, 0.25) is 0 Å². The molecule has 3 nitrogen and oxygen atoms in total. The molecule has 88 valence electrons. The van der Waals surface area contributed by atoms with E-state index < -0.39 is 23.8 Å². The van der Waals surface area contributed by atoms with Crippen molar-refractivity contribution < 1.29 is 22.7 Å². The zero-order valence-corrected chi connectivity index (χ0v) is 9.72. The highest BCUT2D eigenvalue weighted by Crippen LogP contribution is 2.28. The summed E-state index contributed by atoms with van der Waals surface area (Å²) in [6.45, 7) is 0. The van der Waals surface area contributed by atoms with Gasteiger partial charge in [0.2, 0.25) is 0 Å². The first kappa shape index (κ1) is 13.0. The van der Waals surface area contributed by atoms with Crippen LogP contribution in [0.25, 0.3) is 0 Å². The van der Waals surface area contributed by atoms with Gasteiger partial charge >= 0.3 is 5.97 Å². The van der Waals surface area contributed by atoms with Gasteiger partial charge in [0.25, 0.3) is 6.43 Å². The number of aromatic nitrogens is 1. The van der Waals surface area contributed by atoms with Crippen LogP contribution in [-0.2, 0) is 16.0 Å². The van der Waals surface area contributed by atoms with Gasteiger partial charge in [-0.2, -0.15) is 0 Å². The van der Waals surface area contributed by atoms with E-state index in [-0.39, 0.29) is 16.6 Å². The lowest BCUT2D eigenvalue weighted by Crippen LogP contribution is -2.08. The molecule has 0 radical (unpaired) electrons. The van der Waals surface area contributed by atoms with Gasteiger partial charge in [0.15, 0.2) is 0 Å². The molecule has 0 saturated carbocycles. The van der Waals surface area contributed by atoms with Crippen molar-refractivity contribution in [2.75, 3.05) is 7.11 Å². The lowest BCUT2D eigenvalue weighted by atomic mass is 10.2. The lowest BCUT2D eigenvalue weighted by Gasteiger charge is -2.07. The molecule has 0 aromatic carbocycles. The standard InChI is InChI=1S/C9H7BrF3NO2/c1-16-6(15)2-5-7(10)8(11)4(3-14-5)9(12)13/h3,9H,2H2,1H3. The van der Waals surface area contributed by atoms with Gasteiger partial charge in [-0.15, -0.1) is 0 Å². The first-order valence-electron chi connectivity index (χ1n) is 4.15. The summed E-state index contributed by atoms with van der Waals surface area (Å²) in [4.78, 5) is 14.5. The van der Waals surface area contributed by atoms with Crippen molar-refractivity contribution in [1.82, 2.24) is 4.98 Å². The third kappa shape index (κ3) is 2.72. The number of methoxy groups -OCH3 is 1. The fraction of sp³-hybridized carbons (Fsp3) is 0.333. The number of hydrogen-bond acceptors (Lipinski definition) is 3. The molecular formula is C9H7BrF3NO2. The van der Waals surface area contributed by atoms with Gasteiger partial charge in [0.05, 0.1) is 29.3 Å². The summed E-state index contributed by atoms with van der Waals surface area (Å²) in [5, 5.41) is 0. The monoisotopic (exact) mass is 297 g/mol. The summed E-state index contributed by atoms with van der Waals surface area (Å²) in [6.07, 6.45) is -2.52. The minimum absolute atomic E-state index is 0.0220. The van der Waals surface area contributed by atoms with Crippen LogP contribution in [0, 0.1) is 5.82 Å². The van der Waals surface area contributed by atoms with Crippen LogP contribution in [-0.4, -0.2) is 18.1 Å². The maximum atomic E-state index is 13.3. The first-order valence-corrected chi connectivity index (χ1v) is 4.94. The highest BCUT2D eigenvalue weighted by atomic mass is 79.9. The van der Waals surface area contributed by atoms with E-state index in [1.54, 1.807) is 0 Å². The Morgan fingerprint density at radius 3 is 2.75 bits per heavy atom. The molecule has 0 amide bonds. The zero-order chi connectivity index (χ0) is 12.3. The third-order valence-corrected chi connectivity index (χ3v) is 2.64. The number of halogens is 4. The molecule has 7 heteroatoms. The molecule has 0 fully saturated rings. The van der Waals surface area contributed by atoms with E-state index in [1.165, 1.54) is 7.11 Å². The topological polar surface area (TPSA) is 39.2 Å². The summed E-state index contributed by atoms with van der Waals surface area (Å²) in [6, 6.07) is 0. The average Bonchev–Trinajstić information content (AvgIpc) is 2.24. The van der Waals surface area contributed by atoms with Gasteiger partial charge in [0, 0.05) is 6.20 Å². The van der Waals surface area contributed by atoms with Gasteiger partial charge < -0.3 is 4.74 Å². The Morgan fingerprint density at radius 1 is 1.62 bits per heavy atom. The normalized spacial score (nSPS) is 10.6. The third-order valence-electron chi connectivity index (χ3n) is 1.83. The second kappa shape index (κ2) is 5.29. The number of rotatable bonds is 3. The number of pyridine rings is 1. The second-order valence-electron chi connectivity index (χ2n) is 2.84. The SMILES string of the molecule is COC(=O)Cc1ncc(C(F)F)c(F)c1Br. The van der Waals surface area contributed by atoms with Crippen molar-refractivity contribution in [2.45, 2.75) is 12.8 Å². The molecular weight excluding hydrogens is 291 g/mol. The van der Waals surface area contributed by atoms with E-state index in [0.717, 1.165) is 0 Å². The van der Waals surface area contributed by atoms with E-state index in [2.05, 4.69) is 25.7 Å². The number of carbonyl (C=O) groups is 1. The molecule has 0 atom stereocenters. The van der Waals surface area contributed by atoms with Gasteiger partial charge in [-0.05, 0) is 15.9 Å². The molecule has 0 saturated heterocycles. The van der Waals surface area contributed by atoms with Crippen molar-refractivity contribution in [3.8, 4) is 0 Å². The van der Waals surface area contributed by atoms with E-state index in [9.17, 15) is 18.0 Å². The van der Waals surface area contributed by atoms with Crippen LogP contribution in [0.5, 0.6) is 0 Å². The Labute approximate surface area is 97.8 Å². The van der Waals surface area contributed by atoms with Crippen molar-refractivity contribution in [2.24, 2.45) is 0 Å². The molecule has 0 aliphatic heterocycles. The quantitative estimate of drug-likeness (QED) is 0.805. The predicted molar refractivity (Wildman–Crippen MR) is 52.6 cm³/mol. The highest BCUT2D eigenvalue weighted by molar-refractivity contribution is 9.10. The first-order chi connectivity index (χ1) is 7.47. The fourth-order valence-electron chi connectivity index (χ4n) is 0.998. The largest absolute Gasteiger partial charge is 0.469 e. The summed E-state index contributed by atoms with van der Waals surface area (Å²) < 4.78 is 42.0. The number of ether oxygens (including phenoxy) is 1. The van der Waals surface area contributed by atoms with Crippen LogP contribution >= 0.6 is 15.9 Å². The van der Waals surface area contributed by atoms with Gasteiger partial charge in [0.1, 0.15) is 5.82 Å². The van der Waals surface area contributed by atoms with E-state index in [4.69, 9.17) is 0 Å². The lowest BCUT2D eigenvalue weighted by molar-refractivity contribution is -0.139. The maximum absolute atomic E-state index is 13.3. The fourth-order valence-corrected chi connectivity index (χ4v) is 1.47. The van der Waals surface area contributed by atoms with Crippen LogP contribution < -0.4 is 0 Å². The molecule has 0 aliphatic rings. The Morgan fingerprint density at radius 2 is 2.25 bits per heavy atom. The summed E-state index contributed by atoms with van der Waals surface area (Å²) >= 11 is 2.78. The Balaban J connectivity index is 3.07. The molecule has 0 bridgehead atoms. The smallest absolute Gasteiger partial charge is 0.311 e. The van der Waals surface area contributed by atoms with Gasteiger partial charge in [-0.1, -0.05) is 0 Å². The molecule has 16 heavy (non-hydrogen) atoms. The van der Waals surface area contributed by atoms with Gasteiger partial charge in [-0.25, -0.2) is 13.2 Å². The molecule has 1 heterocycles. The van der Waals surface area contributed by atoms with Crippen LogP contribution in [0.15, 0.2) is 10.7 Å². The highest BCUT2D eigenvalue weighted by Gasteiger charge is 2.20. The summed E-state index contributed by atoms with van der Waals surface area (Å²) in [7, 11) is 1.17. The minimum atomic E-state index is -2.95. The van der Waals surface area contributed by atoms with E-state index in [0.29, 0.717) is 6.20 Å². The molecule has 0 N–H and O–H groups in total. The Kier molecular flexibility index (Phi) is 4.28. The van der Waals surface area contributed by atoms with E-state index >= 15 is 0 Å². The van der Waals surface area contributed by atoms with Crippen molar-refractivity contribution in [3.05, 3.63) is 27.7 Å². The molecule has 1 aromatic heterocycles. The second-order valence-corrected chi connectivity index (χ2v) is 3.63. The molecule has 1 rings (SSSR count). The number of carbonyl (C=O) groups excluding carboxylic acids is 1. The average molecular weight is 298 g/mol. The van der Waals surface area contributed by atoms with Crippen LogP contribution in [0.3, 0.4) is 0 Å². The number of nitrogens with zero attached hydrogens (tertiary/aromatic N) is 1. The predicted octanol–water partition coefficient (Wildman–Crippen LogP) is 2.64. The Bertz CT molecular complexity index is 412.